The third-order valence-electron chi connectivity index (χ3n) is 11.0. The topological polar surface area (TPSA) is 52.5 Å². The molecular weight excluding hydrogens is 370 g/mol. The molecule has 5 aliphatic rings. The highest BCUT2D eigenvalue weighted by atomic mass is 16.3. The SMILES string of the molecule is C/C=C1/CCC2C3C(O)[C@H](O)C4CC(NC5CCCCC5)CC[C@]4(C)C3CC[C@]12C. The van der Waals surface area contributed by atoms with Gasteiger partial charge in [-0.1, -0.05) is 44.8 Å². The molecule has 0 heterocycles. The molecule has 6 unspecified atom stereocenters. The molecule has 0 aromatic carbocycles. The molecule has 0 radical (unpaired) electrons. The number of hydrogen-bond acceptors (Lipinski definition) is 3. The highest BCUT2D eigenvalue weighted by molar-refractivity contribution is 5.25. The summed E-state index contributed by atoms with van der Waals surface area (Å²) in [4.78, 5) is 0. The van der Waals surface area contributed by atoms with E-state index in [1.165, 1.54) is 70.6 Å². The molecule has 5 aliphatic carbocycles. The molecule has 170 valence electrons. The van der Waals surface area contributed by atoms with Crippen LogP contribution in [0.1, 0.15) is 97.8 Å². The monoisotopic (exact) mass is 415 g/mol. The second-order valence-corrected chi connectivity index (χ2v) is 12.2. The lowest BCUT2D eigenvalue weighted by Crippen LogP contribution is -2.64. The Morgan fingerprint density at radius 2 is 1.60 bits per heavy atom. The van der Waals surface area contributed by atoms with Crippen LogP contribution in [-0.2, 0) is 0 Å². The molecule has 0 aromatic rings. The Hall–Kier alpha value is -0.380. The number of aliphatic hydroxyl groups excluding tert-OH is 2. The van der Waals surface area contributed by atoms with Crippen molar-refractivity contribution in [1.82, 2.24) is 5.32 Å². The number of fused-ring (bicyclic) bond motifs is 5. The molecule has 5 fully saturated rings. The predicted octanol–water partition coefficient (Wildman–Crippen LogP) is 5.21. The van der Waals surface area contributed by atoms with Crippen molar-refractivity contribution in [2.45, 2.75) is 122 Å². The summed E-state index contributed by atoms with van der Waals surface area (Å²) in [5.74, 6) is 1.64. The minimum absolute atomic E-state index is 0.189. The molecule has 3 nitrogen and oxygen atoms in total. The van der Waals surface area contributed by atoms with E-state index in [1.807, 2.05) is 0 Å². The Morgan fingerprint density at radius 1 is 0.833 bits per heavy atom. The lowest BCUT2D eigenvalue weighted by atomic mass is 9.43. The Morgan fingerprint density at radius 3 is 2.33 bits per heavy atom. The second kappa shape index (κ2) is 7.89. The summed E-state index contributed by atoms with van der Waals surface area (Å²) in [6.45, 7) is 7.13. The van der Waals surface area contributed by atoms with E-state index in [4.69, 9.17) is 0 Å². The molecule has 0 saturated heterocycles. The van der Waals surface area contributed by atoms with E-state index >= 15 is 0 Å². The van der Waals surface area contributed by atoms with Crippen molar-refractivity contribution < 1.29 is 10.2 Å². The number of rotatable bonds is 2. The van der Waals surface area contributed by atoms with Crippen molar-refractivity contribution in [3.63, 3.8) is 0 Å². The van der Waals surface area contributed by atoms with Crippen molar-refractivity contribution in [2.75, 3.05) is 0 Å². The summed E-state index contributed by atoms with van der Waals surface area (Å²) in [6.07, 6.45) is 16.4. The van der Waals surface area contributed by atoms with Crippen molar-refractivity contribution in [2.24, 2.45) is 34.5 Å². The fourth-order valence-corrected chi connectivity index (χ4v) is 9.34. The summed E-state index contributed by atoms with van der Waals surface area (Å²) in [6, 6.07) is 1.21. The van der Waals surface area contributed by atoms with Crippen LogP contribution in [0.5, 0.6) is 0 Å². The first-order valence-electron chi connectivity index (χ1n) is 13.2. The van der Waals surface area contributed by atoms with Gasteiger partial charge < -0.3 is 15.5 Å². The standard InChI is InChI=1S/C27H45NO2/c1-4-17-10-11-20-23-21(13-15-26(17,20)2)27(3)14-12-19(16-22(27)24(29)25(23)30)28-18-8-6-5-7-9-18/h4,18-25,28-30H,5-16H2,1-3H3/b17-4-/t19?,20?,21?,22?,23?,24-,25?,26-,27-/m1/s1. The fourth-order valence-electron chi connectivity index (χ4n) is 9.34. The van der Waals surface area contributed by atoms with Crippen LogP contribution in [0.3, 0.4) is 0 Å². The summed E-state index contributed by atoms with van der Waals surface area (Å²) in [7, 11) is 0. The minimum atomic E-state index is -0.552. The molecule has 0 aromatic heterocycles. The maximum absolute atomic E-state index is 11.5. The molecule has 30 heavy (non-hydrogen) atoms. The molecule has 0 spiro atoms. The normalized spacial score (nSPS) is 53.2. The van der Waals surface area contributed by atoms with E-state index in [-0.39, 0.29) is 22.7 Å². The molecule has 0 aliphatic heterocycles. The lowest BCUT2D eigenvalue weighted by molar-refractivity contribution is -0.211. The Kier molecular flexibility index (Phi) is 5.64. The van der Waals surface area contributed by atoms with E-state index in [0.717, 1.165) is 6.42 Å². The fraction of sp³-hybridized carbons (Fsp3) is 0.926. The van der Waals surface area contributed by atoms with Gasteiger partial charge in [-0.25, -0.2) is 0 Å². The smallest absolute Gasteiger partial charge is 0.0836 e. The second-order valence-electron chi connectivity index (χ2n) is 12.2. The van der Waals surface area contributed by atoms with Gasteiger partial charge >= 0.3 is 0 Å². The molecule has 0 amide bonds. The maximum atomic E-state index is 11.5. The van der Waals surface area contributed by atoms with Crippen molar-refractivity contribution in [1.29, 1.82) is 0 Å². The number of allylic oxidation sites excluding steroid dienone is 2. The zero-order valence-electron chi connectivity index (χ0n) is 19.6. The average Bonchev–Trinajstić information content (AvgIpc) is 3.09. The van der Waals surface area contributed by atoms with Crippen LogP contribution in [0.25, 0.3) is 0 Å². The van der Waals surface area contributed by atoms with Gasteiger partial charge in [0.2, 0.25) is 0 Å². The van der Waals surface area contributed by atoms with E-state index in [1.54, 1.807) is 5.57 Å². The average molecular weight is 416 g/mol. The maximum Gasteiger partial charge on any atom is 0.0836 e. The molecule has 3 N–H and O–H groups in total. The van der Waals surface area contributed by atoms with Gasteiger partial charge in [0.15, 0.2) is 0 Å². The molecule has 5 saturated carbocycles. The summed E-state index contributed by atoms with van der Waals surface area (Å²) >= 11 is 0. The predicted molar refractivity (Wildman–Crippen MR) is 122 cm³/mol. The van der Waals surface area contributed by atoms with Gasteiger partial charge in [-0.2, -0.15) is 0 Å². The zero-order valence-corrected chi connectivity index (χ0v) is 19.6. The van der Waals surface area contributed by atoms with Crippen LogP contribution >= 0.6 is 0 Å². The van der Waals surface area contributed by atoms with E-state index in [9.17, 15) is 10.2 Å². The van der Waals surface area contributed by atoms with E-state index in [0.29, 0.717) is 23.9 Å². The highest BCUT2D eigenvalue weighted by Crippen LogP contribution is 2.67. The summed E-state index contributed by atoms with van der Waals surface area (Å²) < 4.78 is 0. The molecular formula is C27H45NO2. The highest BCUT2D eigenvalue weighted by Gasteiger charge is 2.64. The zero-order chi connectivity index (χ0) is 21.1. The third kappa shape index (κ3) is 3.17. The number of aliphatic hydroxyl groups is 2. The van der Waals surface area contributed by atoms with Crippen LogP contribution in [0.2, 0.25) is 0 Å². The molecule has 3 heteroatoms. The van der Waals surface area contributed by atoms with Crippen LogP contribution in [-0.4, -0.2) is 34.5 Å². The lowest BCUT2D eigenvalue weighted by Gasteiger charge is -2.63. The van der Waals surface area contributed by atoms with Crippen LogP contribution in [0.4, 0.5) is 0 Å². The minimum Gasteiger partial charge on any atom is -0.390 e. The van der Waals surface area contributed by atoms with Gasteiger partial charge in [0.05, 0.1) is 12.2 Å². The van der Waals surface area contributed by atoms with Gasteiger partial charge in [-0.15, -0.1) is 0 Å². The Bertz CT molecular complexity index is 670. The van der Waals surface area contributed by atoms with Crippen LogP contribution in [0.15, 0.2) is 11.6 Å². The van der Waals surface area contributed by atoms with Gasteiger partial charge in [0.25, 0.3) is 0 Å². The van der Waals surface area contributed by atoms with Crippen molar-refractivity contribution in [3.8, 4) is 0 Å². The van der Waals surface area contributed by atoms with Gasteiger partial charge in [-0.3, -0.25) is 0 Å². The number of nitrogens with one attached hydrogen (secondary N) is 1. The molecule has 9 atom stereocenters. The Balaban J connectivity index is 1.36. The van der Waals surface area contributed by atoms with Gasteiger partial charge in [0.1, 0.15) is 0 Å². The first-order chi connectivity index (χ1) is 14.4. The van der Waals surface area contributed by atoms with Crippen LogP contribution < -0.4 is 5.32 Å². The first kappa shape index (κ1) is 21.5. The van der Waals surface area contributed by atoms with Crippen molar-refractivity contribution >= 4 is 0 Å². The van der Waals surface area contributed by atoms with E-state index < -0.39 is 12.2 Å². The van der Waals surface area contributed by atoms with Crippen molar-refractivity contribution in [3.05, 3.63) is 11.6 Å². The summed E-state index contributed by atoms with van der Waals surface area (Å²) in [5.41, 5.74) is 2.05. The largest absolute Gasteiger partial charge is 0.390 e. The quantitative estimate of drug-likeness (QED) is 0.543. The summed E-state index contributed by atoms with van der Waals surface area (Å²) in [5, 5.41) is 26.9. The van der Waals surface area contributed by atoms with Gasteiger partial charge in [0, 0.05) is 12.1 Å². The van der Waals surface area contributed by atoms with Gasteiger partial charge in [-0.05, 0) is 99.2 Å². The van der Waals surface area contributed by atoms with E-state index in [2.05, 4.69) is 32.2 Å². The third-order valence-corrected chi connectivity index (χ3v) is 11.0. The van der Waals surface area contributed by atoms with Crippen LogP contribution in [0, 0.1) is 34.5 Å². The number of hydrogen-bond donors (Lipinski definition) is 3. The molecule has 0 bridgehead atoms. The first-order valence-corrected chi connectivity index (χ1v) is 13.2. The molecule has 5 rings (SSSR count). The Labute approximate surface area is 184 Å².